The molecule has 8 heteroatoms. The molecule has 1 fully saturated rings. The van der Waals surface area contributed by atoms with Gasteiger partial charge in [0.25, 0.3) is 5.91 Å². The van der Waals surface area contributed by atoms with Crippen LogP contribution in [-0.2, 0) is 0 Å². The summed E-state index contributed by atoms with van der Waals surface area (Å²) in [6.45, 7) is 1.57. The van der Waals surface area contributed by atoms with E-state index < -0.39 is 0 Å². The van der Waals surface area contributed by atoms with Gasteiger partial charge in [-0.05, 0) is 30.7 Å². The Morgan fingerprint density at radius 2 is 2.00 bits per heavy atom. The molecule has 1 aromatic carbocycles. The van der Waals surface area contributed by atoms with Gasteiger partial charge in [-0.3, -0.25) is 4.79 Å². The molecule has 1 saturated heterocycles. The Hall–Kier alpha value is -3.68. The van der Waals surface area contributed by atoms with Gasteiger partial charge in [-0.1, -0.05) is 23.4 Å². The lowest BCUT2D eigenvalue weighted by molar-refractivity contribution is 0.0935. The lowest BCUT2D eigenvalue weighted by Crippen LogP contribution is -2.37. The Kier molecular flexibility index (Phi) is 4.01. The number of hydrogen-bond acceptors (Lipinski definition) is 5. The van der Waals surface area contributed by atoms with Crippen molar-refractivity contribution in [3.63, 3.8) is 0 Å². The van der Waals surface area contributed by atoms with Gasteiger partial charge in [0.15, 0.2) is 11.5 Å². The molecule has 0 radical (unpaired) electrons. The molecule has 1 amide bonds. The maximum Gasteiger partial charge on any atom is 0.273 e. The van der Waals surface area contributed by atoms with E-state index in [1.54, 1.807) is 17.1 Å². The van der Waals surface area contributed by atoms with Gasteiger partial charge in [-0.15, -0.1) is 5.10 Å². The predicted molar refractivity (Wildman–Crippen MR) is 105 cm³/mol. The average molecular weight is 373 g/mol. The molecule has 0 spiro atoms. The van der Waals surface area contributed by atoms with Gasteiger partial charge >= 0.3 is 0 Å². The average Bonchev–Trinajstić information content (AvgIpc) is 3.48. The highest BCUT2D eigenvalue weighted by molar-refractivity contribution is 5.92. The van der Waals surface area contributed by atoms with Gasteiger partial charge in [0.2, 0.25) is 0 Å². The van der Waals surface area contributed by atoms with Crippen molar-refractivity contribution in [3.8, 4) is 5.69 Å². The number of aromatic nitrogens is 5. The molecule has 1 aliphatic rings. The molecule has 1 aliphatic heterocycles. The Labute approximate surface area is 161 Å². The lowest BCUT2D eigenvalue weighted by atomic mass is 10.2. The minimum absolute atomic E-state index is 0.0476. The van der Waals surface area contributed by atoms with Crippen LogP contribution in [0.1, 0.15) is 16.9 Å². The molecule has 4 heterocycles. The molecule has 4 aromatic rings. The summed E-state index contributed by atoms with van der Waals surface area (Å²) in [5, 5.41) is 11.1. The molecule has 1 atom stereocenters. The smallest absolute Gasteiger partial charge is 0.273 e. The van der Waals surface area contributed by atoms with Crippen LogP contribution in [0.4, 0.5) is 5.82 Å². The van der Waals surface area contributed by atoms with E-state index in [1.807, 2.05) is 48.8 Å². The maximum absolute atomic E-state index is 12.6. The van der Waals surface area contributed by atoms with Crippen LogP contribution in [0.3, 0.4) is 0 Å². The standard InChI is InChI=1S/C20H19N7O/c28-20(17-14-27(24-23-17)16-5-2-1-3-6-16)22-15-8-11-26(13-15)19-18-7-4-10-25(18)12-9-21-19/h1-7,9-10,12,14-15H,8,11,13H2,(H,22,28). The zero-order valence-electron chi connectivity index (χ0n) is 15.1. The number of rotatable bonds is 4. The van der Waals surface area contributed by atoms with Crippen molar-refractivity contribution < 1.29 is 4.79 Å². The molecule has 28 heavy (non-hydrogen) atoms. The molecule has 0 saturated carbocycles. The summed E-state index contributed by atoms with van der Waals surface area (Å²) in [5.41, 5.74) is 2.25. The lowest BCUT2D eigenvalue weighted by Gasteiger charge is -2.18. The third kappa shape index (κ3) is 2.98. The van der Waals surface area contributed by atoms with Gasteiger partial charge < -0.3 is 14.6 Å². The Bertz CT molecular complexity index is 1120. The summed E-state index contributed by atoms with van der Waals surface area (Å²) in [4.78, 5) is 19.3. The van der Waals surface area contributed by atoms with Gasteiger partial charge in [-0.2, -0.15) is 0 Å². The van der Waals surface area contributed by atoms with Gasteiger partial charge in [-0.25, -0.2) is 9.67 Å². The number of benzene rings is 1. The molecule has 8 nitrogen and oxygen atoms in total. The van der Waals surface area contributed by atoms with Gasteiger partial charge in [0.05, 0.1) is 17.4 Å². The van der Waals surface area contributed by atoms with Crippen molar-refractivity contribution >= 4 is 17.2 Å². The van der Waals surface area contributed by atoms with Crippen LogP contribution in [-0.4, -0.2) is 49.4 Å². The van der Waals surface area contributed by atoms with E-state index in [-0.39, 0.29) is 11.9 Å². The quantitative estimate of drug-likeness (QED) is 0.591. The van der Waals surface area contributed by atoms with E-state index in [2.05, 4.69) is 36.0 Å². The fourth-order valence-corrected chi connectivity index (χ4v) is 3.60. The monoisotopic (exact) mass is 373 g/mol. The summed E-state index contributed by atoms with van der Waals surface area (Å²) in [6, 6.07) is 13.7. The first-order valence-electron chi connectivity index (χ1n) is 9.23. The van der Waals surface area contributed by atoms with E-state index in [4.69, 9.17) is 0 Å². The molecule has 5 rings (SSSR count). The molecule has 1 unspecified atom stereocenters. The second kappa shape index (κ2) is 6.80. The van der Waals surface area contributed by atoms with Crippen LogP contribution in [0.2, 0.25) is 0 Å². The zero-order valence-corrected chi connectivity index (χ0v) is 15.1. The van der Waals surface area contributed by atoms with Crippen LogP contribution < -0.4 is 10.2 Å². The fraction of sp³-hybridized carbons (Fsp3) is 0.200. The fourth-order valence-electron chi connectivity index (χ4n) is 3.60. The van der Waals surface area contributed by atoms with Crippen molar-refractivity contribution in [2.45, 2.75) is 12.5 Å². The van der Waals surface area contributed by atoms with Crippen molar-refractivity contribution in [1.29, 1.82) is 0 Å². The minimum Gasteiger partial charge on any atom is -0.353 e. The SMILES string of the molecule is O=C(NC1CCN(c2nccn3cccc23)C1)c1cn(-c2ccccc2)nn1. The number of nitrogens with zero attached hydrogens (tertiary/aromatic N) is 6. The van der Waals surface area contributed by atoms with Crippen LogP contribution in [0.5, 0.6) is 0 Å². The number of para-hydroxylation sites is 1. The van der Waals surface area contributed by atoms with Crippen molar-refractivity contribution in [2.75, 3.05) is 18.0 Å². The van der Waals surface area contributed by atoms with E-state index in [0.717, 1.165) is 36.5 Å². The first-order chi connectivity index (χ1) is 13.8. The molecular weight excluding hydrogens is 354 g/mol. The summed E-state index contributed by atoms with van der Waals surface area (Å²) < 4.78 is 3.66. The summed E-state index contributed by atoms with van der Waals surface area (Å²) in [6.07, 6.45) is 8.26. The molecular formula is C20H19N7O. The highest BCUT2D eigenvalue weighted by Gasteiger charge is 2.27. The number of amides is 1. The van der Waals surface area contributed by atoms with Crippen LogP contribution in [0, 0.1) is 0 Å². The zero-order chi connectivity index (χ0) is 18.9. The first-order valence-corrected chi connectivity index (χ1v) is 9.23. The topological polar surface area (TPSA) is 80.4 Å². The number of fused-ring (bicyclic) bond motifs is 1. The molecule has 0 bridgehead atoms. The van der Waals surface area contributed by atoms with Crippen LogP contribution in [0.25, 0.3) is 11.2 Å². The number of nitrogens with one attached hydrogen (secondary N) is 1. The summed E-state index contributed by atoms with van der Waals surface area (Å²) in [7, 11) is 0. The van der Waals surface area contributed by atoms with Crippen molar-refractivity contribution in [3.05, 3.63) is 72.9 Å². The first kappa shape index (κ1) is 16.5. The number of carbonyl (C=O) groups excluding carboxylic acids is 1. The number of hydrogen-bond donors (Lipinski definition) is 1. The second-order valence-electron chi connectivity index (χ2n) is 6.84. The minimum atomic E-state index is -0.206. The van der Waals surface area contributed by atoms with E-state index in [1.165, 1.54) is 0 Å². The normalized spacial score (nSPS) is 16.6. The highest BCUT2D eigenvalue weighted by Crippen LogP contribution is 2.23. The van der Waals surface area contributed by atoms with Crippen molar-refractivity contribution in [1.82, 2.24) is 29.7 Å². The number of carbonyl (C=O) groups is 1. The third-order valence-corrected chi connectivity index (χ3v) is 5.00. The maximum atomic E-state index is 12.6. The van der Waals surface area contributed by atoms with Gasteiger partial charge in [0, 0.05) is 37.7 Å². The molecule has 1 N–H and O–H groups in total. The van der Waals surface area contributed by atoms with E-state index >= 15 is 0 Å². The Morgan fingerprint density at radius 1 is 1.11 bits per heavy atom. The molecule has 0 aliphatic carbocycles. The highest BCUT2D eigenvalue weighted by atomic mass is 16.2. The van der Waals surface area contributed by atoms with Crippen molar-refractivity contribution in [2.24, 2.45) is 0 Å². The summed E-state index contributed by atoms with van der Waals surface area (Å²) >= 11 is 0. The predicted octanol–water partition coefficient (Wildman–Crippen LogP) is 1.92. The second-order valence-corrected chi connectivity index (χ2v) is 6.84. The number of anilines is 1. The van der Waals surface area contributed by atoms with Crippen LogP contribution in [0.15, 0.2) is 67.3 Å². The van der Waals surface area contributed by atoms with E-state index in [0.29, 0.717) is 5.69 Å². The Morgan fingerprint density at radius 3 is 2.89 bits per heavy atom. The van der Waals surface area contributed by atoms with Crippen LogP contribution >= 0.6 is 0 Å². The molecule has 140 valence electrons. The Balaban J connectivity index is 1.27. The third-order valence-electron chi connectivity index (χ3n) is 5.00. The molecule has 3 aromatic heterocycles. The van der Waals surface area contributed by atoms with Gasteiger partial charge in [0.1, 0.15) is 0 Å². The largest absolute Gasteiger partial charge is 0.353 e. The summed E-state index contributed by atoms with van der Waals surface area (Å²) in [5.74, 6) is 0.738. The van der Waals surface area contributed by atoms with E-state index in [9.17, 15) is 4.79 Å².